The van der Waals surface area contributed by atoms with Gasteiger partial charge < -0.3 is 14.2 Å². The van der Waals surface area contributed by atoms with Gasteiger partial charge in [-0.3, -0.25) is 14.4 Å². The normalized spacial score (nSPS) is 13.0. The van der Waals surface area contributed by atoms with E-state index in [0.717, 1.165) is 154 Å². The number of carbonyl (C=O) groups excluding carboxylic acids is 3. The highest BCUT2D eigenvalue weighted by molar-refractivity contribution is 5.71. The summed E-state index contributed by atoms with van der Waals surface area (Å²) in [6, 6.07) is 0. The molecule has 0 aromatic rings. The Hall–Kier alpha value is -4.45. The van der Waals surface area contributed by atoms with Gasteiger partial charge in [0.15, 0.2) is 6.10 Å². The van der Waals surface area contributed by atoms with E-state index in [1.54, 1.807) is 0 Å². The van der Waals surface area contributed by atoms with Crippen molar-refractivity contribution >= 4 is 17.9 Å². The lowest BCUT2D eigenvalue weighted by molar-refractivity contribution is -0.167. The number of hydrogen-bond donors (Lipinski definition) is 0. The third-order valence-corrected chi connectivity index (χ3v) is 13.9. The van der Waals surface area contributed by atoms with Gasteiger partial charge >= 0.3 is 17.9 Å². The van der Waals surface area contributed by atoms with E-state index in [9.17, 15) is 14.4 Å². The fraction of sp³-hybridized carbons (Fsp3) is 0.662. The molecule has 6 nitrogen and oxygen atoms in total. The van der Waals surface area contributed by atoms with Gasteiger partial charge in [-0.2, -0.15) is 0 Å². The van der Waals surface area contributed by atoms with Crippen LogP contribution in [0.1, 0.15) is 297 Å². The highest BCUT2D eigenvalue weighted by Crippen LogP contribution is 2.16. The summed E-state index contributed by atoms with van der Waals surface area (Å²) in [6.45, 7) is 6.40. The van der Waals surface area contributed by atoms with Crippen LogP contribution in [0.25, 0.3) is 0 Å². The van der Waals surface area contributed by atoms with Crippen LogP contribution in [0.2, 0.25) is 0 Å². The average Bonchev–Trinajstić information content (AvgIpc) is 3.46. The molecule has 0 aliphatic carbocycles. The van der Waals surface area contributed by atoms with Gasteiger partial charge in [0.1, 0.15) is 13.2 Å². The zero-order chi connectivity index (χ0) is 57.8. The molecule has 0 bridgehead atoms. The van der Waals surface area contributed by atoms with Gasteiger partial charge in [0.2, 0.25) is 0 Å². The second-order valence-corrected chi connectivity index (χ2v) is 21.6. The molecule has 0 N–H and O–H groups in total. The van der Waals surface area contributed by atoms with Crippen LogP contribution in [0, 0.1) is 0 Å². The first-order valence-corrected chi connectivity index (χ1v) is 33.2. The second-order valence-electron chi connectivity index (χ2n) is 21.6. The largest absolute Gasteiger partial charge is 0.462 e. The molecule has 0 heterocycles. The maximum atomic E-state index is 12.9. The molecule has 1 unspecified atom stereocenters. The summed E-state index contributed by atoms with van der Waals surface area (Å²) >= 11 is 0. The molecule has 0 amide bonds. The summed E-state index contributed by atoms with van der Waals surface area (Å²) in [4.78, 5) is 38.3. The highest BCUT2D eigenvalue weighted by atomic mass is 16.6. The van der Waals surface area contributed by atoms with Gasteiger partial charge in [-0.15, -0.1) is 0 Å². The molecule has 0 fully saturated rings. The van der Waals surface area contributed by atoms with Crippen LogP contribution in [-0.2, 0) is 28.6 Å². The lowest BCUT2D eigenvalue weighted by Crippen LogP contribution is -2.30. The molecule has 6 heteroatoms. The number of hydrogen-bond acceptors (Lipinski definition) is 6. The molecule has 0 saturated heterocycles. The van der Waals surface area contributed by atoms with Crippen molar-refractivity contribution in [3.05, 3.63) is 134 Å². The Morgan fingerprint density at radius 3 is 0.762 bits per heavy atom. The Kier molecular flexibility index (Phi) is 63.3. The molecule has 0 aliphatic rings. The summed E-state index contributed by atoms with van der Waals surface area (Å²) in [7, 11) is 0. The molecule has 0 radical (unpaired) electrons. The van der Waals surface area contributed by atoms with E-state index in [0.29, 0.717) is 19.3 Å². The fourth-order valence-corrected chi connectivity index (χ4v) is 9.00. The van der Waals surface area contributed by atoms with Crippen molar-refractivity contribution in [2.24, 2.45) is 0 Å². The van der Waals surface area contributed by atoms with Crippen LogP contribution in [0.4, 0.5) is 0 Å². The lowest BCUT2D eigenvalue weighted by Gasteiger charge is -2.18. The maximum absolute atomic E-state index is 12.9. The molecule has 0 rings (SSSR count). The minimum Gasteiger partial charge on any atom is -0.462 e. The fourth-order valence-electron chi connectivity index (χ4n) is 9.00. The summed E-state index contributed by atoms with van der Waals surface area (Å²) in [5.41, 5.74) is 0. The number of allylic oxidation sites excluding steroid dienone is 22. The van der Waals surface area contributed by atoms with Crippen LogP contribution in [0.3, 0.4) is 0 Å². The van der Waals surface area contributed by atoms with Crippen molar-refractivity contribution in [2.75, 3.05) is 13.2 Å². The molecule has 1 atom stereocenters. The van der Waals surface area contributed by atoms with Crippen LogP contribution in [0.5, 0.6) is 0 Å². The SMILES string of the molecule is CC/C=C\C/C=C\C/C=C\C/C=C\C/C=C\C/C=C\C/C=C\C/C=C\CCCCCCCCCCCCC(=O)OCC(COC(=O)CCCCCCCCCCCCCC)OC(=O)CCCCCCC/C=C\C/C=C\C/C=C\CC. The number of esters is 3. The first-order chi connectivity index (χ1) is 39.5. The van der Waals surface area contributed by atoms with Crippen molar-refractivity contribution in [1.29, 1.82) is 0 Å². The van der Waals surface area contributed by atoms with Crippen LogP contribution in [-0.4, -0.2) is 37.2 Å². The molecule has 0 aliphatic heterocycles. The molecule has 454 valence electrons. The minimum atomic E-state index is -0.790. The Balaban J connectivity index is 4.21. The van der Waals surface area contributed by atoms with E-state index < -0.39 is 6.10 Å². The molecule has 0 aromatic heterocycles. The zero-order valence-electron chi connectivity index (χ0n) is 52.0. The third-order valence-electron chi connectivity index (χ3n) is 13.9. The summed E-state index contributed by atoms with van der Waals surface area (Å²) in [5.74, 6) is -0.903. The number of carbonyl (C=O) groups is 3. The number of unbranched alkanes of at least 4 members (excludes halogenated alkanes) is 26. The lowest BCUT2D eigenvalue weighted by atomic mass is 10.0. The Labute approximate surface area is 494 Å². The summed E-state index contributed by atoms with van der Waals surface area (Å²) < 4.78 is 16.9. The van der Waals surface area contributed by atoms with Crippen LogP contribution < -0.4 is 0 Å². The van der Waals surface area contributed by atoms with E-state index >= 15 is 0 Å². The van der Waals surface area contributed by atoms with E-state index in [-0.39, 0.29) is 31.1 Å². The molecule has 0 spiro atoms. The van der Waals surface area contributed by atoms with Crippen molar-refractivity contribution in [1.82, 2.24) is 0 Å². The molecule has 0 aromatic carbocycles. The maximum Gasteiger partial charge on any atom is 0.306 e. The van der Waals surface area contributed by atoms with Crippen molar-refractivity contribution in [3.63, 3.8) is 0 Å². The first kappa shape index (κ1) is 75.5. The third kappa shape index (κ3) is 64.4. The quantitative estimate of drug-likeness (QED) is 0.0261. The van der Waals surface area contributed by atoms with Gasteiger partial charge in [-0.1, -0.05) is 296 Å². The average molecular weight is 1110 g/mol. The molecule has 80 heavy (non-hydrogen) atoms. The van der Waals surface area contributed by atoms with Gasteiger partial charge in [0, 0.05) is 19.3 Å². The van der Waals surface area contributed by atoms with Crippen molar-refractivity contribution in [2.45, 2.75) is 303 Å². The Bertz CT molecular complexity index is 1700. The second kappa shape index (κ2) is 67.1. The predicted octanol–water partition coefficient (Wildman–Crippen LogP) is 22.9. The van der Waals surface area contributed by atoms with Crippen molar-refractivity contribution in [3.8, 4) is 0 Å². The monoisotopic (exact) mass is 1110 g/mol. The van der Waals surface area contributed by atoms with Crippen molar-refractivity contribution < 1.29 is 28.6 Å². The van der Waals surface area contributed by atoms with Crippen LogP contribution >= 0.6 is 0 Å². The number of ether oxygens (including phenoxy) is 3. The molecular formula is C74H122O6. The summed E-state index contributed by atoms with van der Waals surface area (Å²) in [6.07, 6.45) is 94.7. The smallest absolute Gasteiger partial charge is 0.306 e. The number of rotatable bonds is 59. The van der Waals surface area contributed by atoms with E-state index in [1.807, 2.05) is 0 Å². The topological polar surface area (TPSA) is 78.9 Å². The van der Waals surface area contributed by atoms with E-state index in [2.05, 4.69) is 154 Å². The van der Waals surface area contributed by atoms with Gasteiger partial charge in [-0.25, -0.2) is 0 Å². The zero-order valence-corrected chi connectivity index (χ0v) is 52.0. The highest BCUT2D eigenvalue weighted by Gasteiger charge is 2.19. The van der Waals surface area contributed by atoms with Gasteiger partial charge in [0.05, 0.1) is 0 Å². The minimum absolute atomic E-state index is 0.0858. The first-order valence-electron chi connectivity index (χ1n) is 33.2. The molecular weight excluding hydrogens is 985 g/mol. The van der Waals surface area contributed by atoms with E-state index in [1.165, 1.54) is 103 Å². The van der Waals surface area contributed by atoms with Gasteiger partial charge in [0.25, 0.3) is 0 Å². The van der Waals surface area contributed by atoms with E-state index in [4.69, 9.17) is 14.2 Å². The predicted molar refractivity (Wildman–Crippen MR) is 348 cm³/mol. The molecule has 0 saturated carbocycles. The van der Waals surface area contributed by atoms with Crippen LogP contribution in [0.15, 0.2) is 134 Å². The van der Waals surface area contributed by atoms with Gasteiger partial charge in [-0.05, 0) is 116 Å². The standard InChI is InChI=1S/C74H122O6/c1-4-7-10-13-16-19-22-25-27-28-29-30-31-32-33-34-35-36-37-38-39-40-41-42-43-44-45-46-48-49-52-55-58-61-64-67-73(76)79-70-71(69-78-72(75)66-63-60-57-54-51-24-21-18-15-12-9-6-3)80-74(77)68-65-62-59-56-53-50-47-26-23-20-17-14-11-8-5-2/h7-8,10-11,16-17,19-20,25-27,29-30,32-33,35-36,38-39,41-42,47,71H,4-6,9,12-15,18,21-24,28,31,34,37,40,43-46,48-70H2,1-3H3/b10-7-,11-8-,19-16-,20-17-,27-25-,30-29-,33-32-,36-35-,39-38-,42-41-,47-26-. The summed E-state index contributed by atoms with van der Waals surface area (Å²) in [5, 5.41) is 0. The Morgan fingerprint density at radius 2 is 0.487 bits per heavy atom. The Morgan fingerprint density at radius 1 is 0.263 bits per heavy atom.